The molecular weight excluding hydrogens is 479 g/mol. The lowest BCUT2D eigenvalue weighted by Crippen LogP contribution is -2.31. The molecular formula is C18H27IN4O3S. The number of aliphatic imine (C=N–C) groups is 1. The van der Waals surface area contributed by atoms with Gasteiger partial charge >= 0.3 is 0 Å². The van der Waals surface area contributed by atoms with Crippen molar-refractivity contribution in [2.75, 3.05) is 39.7 Å². The van der Waals surface area contributed by atoms with Crippen LogP contribution < -0.4 is 24.8 Å². The highest BCUT2D eigenvalue weighted by Gasteiger charge is 2.14. The Morgan fingerprint density at radius 3 is 2.30 bits per heavy atom. The first kappa shape index (κ1) is 23.3. The largest absolute Gasteiger partial charge is 0.493 e. The van der Waals surface area contributed by atoms with Gasteiger partial charge < -0.3 is 24.8 Å². The van der Waals surface area contributed by atoms with Crippen LogP contribution in [0.15, 0.2) is 23.3 Å². The number of nitrogens with one attached hydrogen (secondary N) is 2. The first-order valence-corrected chi connectivity index (χ1v) is 9.19. The maximum atomic E-state index is 5.39. The standard InChI is InChI=1S/C18H26N4O3S.HI/c1-6-19-18(20-8-7-16-21-11-12(2)26-16)22-13-9-14(23-3)17(25-5)15(10-13)24-4;/h9-11H,6-8H2,1-5H3,(H2,19,20,22);1H. The zero-order valence-corrected chi connectivity index (χ0v) is 19.4. The highest BCUT2D eigenvalue weighted by Crippen LogP contribution is 2.39. The second-order valence-electron chi connectivity index (χ2n) is 5.41. The van der Waals surface area contributed by atoms with E-state index in [4.69, 9.17) is 14.2 Å². The van der Waals surface area contributed by atoms with Gasteiger partial charge in [-0.3, -0.25) is 4.99 Å². The topological polar surface area (TPSA) is 77.0 Å². The SMILES string of the molecule is CCNC(=NCCc1ncc(C)s1)Nc1cc(OC)c(OC)c(OC)c1.I. The summed E-state index contributed by atoms with van der Waals surface area (Å²) in [5.74, 6) is 2.42. The summed E-state index contributed by atoms with van der Waals surface area (Å²) in [6.45, 7) is 5.48. The Hall–Kier alpha value is -1.75. The second-order valence-corrected chi connectivity index (χ2v) is 6.73. The van der Waals surface area contributed by atoms with E-state index in [2.05, 4.69) is 27.5 Å². The van der Waals surface area contributed by atoms with Gasteiger partial charge in [-0.15, -0.1) is 35.3 Å². The molecule has 9 heteroatoms. The normalized spacial score (nSPS) is 10.8. The van der Waals surface area contributed by atoms with Gasteiger partial charge in [0.15, 0.2) is 17.5 Å². The molecule has 1 aromatic carbocycles. The monoisotopic (exact) mass is 506 g/mol. The third-order valence-corrected chi connectivity index (χ3v) is 4.51. The molecule has 1 aromatic heterocycles. The lowest BCUT2D eigenvalue weighted by Gasteiger charge is -2.16. The van der Waals surface area contributed by atoms with Gasteiger partial charge in [0.05, 0.1) is 26.3 Å². The fourth-order valence-corrected chi connectivity index (χ4v) is 3.15. The van der Waals surface area contributed by atoms with Gasteiger partial charge in [0, 0.05) is 48.4 Å². The molecule has 0 fully saturated rings. The number of aromatic nitrogens is 1. The lowest BCUT2D eigenvalue weighted by atomic mass is 10.2. The van der Waals surface area contributed by atoms with E-state index in [0.717, 1.165) is 23.7 Å². The minimum absolute atomic E-state index is 0. The third-order valence-electron chi connectivity index (χ3n) is 3.54. The van der Waals surface area contributed by atoms with Gasteiger partial charge in [-0.1, -0.05) is 0 Å². The number of hydrogen-bond acceptors (Lipinski definition) is 6. The molecule has 0 amide bonds. The predicted molar refractivity (Wildman–Crippen MR) is 122 cm³/mol. The number of rotatable bonds is 8. The molecule has 2 N–H and O–H groups in total. The predicted octanol–water partition coefficient (Wildman–Crippen LogP) is 3.72. The number of thiazole rings is 1. The number of nitrogens with zero attached hydrogens (tertiary/aromatic N) is 2. The number of guanidine groups is 1. The molecule has 0 bridgehead atoms. The third kappa shape index (κ3) is 6.73. The van der Waals surface area contributed by atoms with Crippen LogP contribution >= 0.6 is 35.3 Å². The zero-order chi connectivity index (χ0) is 18.9. The molecule has 0 saturated heterocycles. The molecule has 150 valence electrons. The Balaban J connectivity index is 0.00000364. The van der Waals surface area contributed by atoms with Crippen molar-refractivity contribution in [1.82, 2.24) is 10.3 Å². The lowest BCUT2D eigenvalue weighted by molar-refractivity contribution is 0.324. The van der Waals surface area contributed by atoms with E-state index in [9.17, 15) is 0 Å². The van der Waals surface area contributed by atoms with E-state index in [1.54, 1.807) is 32.7 Å². The summed E-state index contributed by atoms with van der Waals surface area (Å²) in [5.41, 5.74) is 0.796. The number of anilines is 1. The molecule has 0 radical (unpaired) electrons. The Kier molecular flexibility index (Phi) is 10.2. The van der Waals surface area contributed by atoms with E-state index in [-0.39, 0.29) is 24.0 Å². The molecule has 0 saturated carbocycles. The smallest absolute Gasteiger partial charge is 0.203 e. The number of benzene rings is 1. The van der Waals surface area contributed by atoms with Crippen molar-refractivity contribution in [2.45, 2.75) is 20.3 Å². The van der Waals surface area contributed by atoms with Crippen LogP contribution in [-0.4, -0.2) is 45.4 Å². The molecule has 7 nitrogen and oxygen atoms in total. The highest BCUT2D eigenvalue weighted by atomic mass is 127. The molecule has 0 aliphatic carbocycles. The minimum Gasteiger partial charge on any atom is -0.493 e. The van der Waals surface area contributed by atoms with Crippen LogP contribution in [0.5, 0.6) is 17.2 Å². The summed E-state index contributed by atoms with van der Waals surface area (Å²) in [5, 5.41) is 7.61. The summed E-state index contributed by atoms with van der Waals surface area (Å²) in [7, 11) is 4.77. The van der Waals surface area contributed by atoms with Crippen molar-refractivity contribution in [1.29, 1.82) is 0 Å². The van der Waals surface area contributed by atoms with E-state index in [0.29, 0.717) is 29.8 Å². The zero-order valence-electron chi connectivity index (χ0n) is 16.3. The quantitative estimate of drug-likeness (QED) is 0.323. The first-order valence-electron chi connectivity index (χ1n) is 8.37. The minimum atomic E-state index is 0. The summed E-state index contributed by atoms with van der Waals surface area (Å²) >= 11 is 1.70. The number of hydrogen-bond donors (Lipinski definition) is 2. The molecule has 0 atom stereocenters. The number of ether oxygens (including phenoxy) is 3. The fraction of sp³-hybridized carbons (Fsp3) is 0.444. The molecule has 2 rings (SSSR count). The van der Waals surface area contributed by atoms with Crippen molar-refractivity contribution in [3.05, 3.63) is 28.2 Å². The van der Waals surface area contributed by atoms with Gasteiger partial charge in [0.25, 0.3) is 0 Å². The van der Waals surface area contributed by atoms with Crippen molar-refractivity contribution in [2.24, 2.45) is 4.99 Å². The van der Waals surface area contributed by atoms with Gasteiger partial charge in [0.2, 0.25) is 5.75 Å². The van der Waals surface area contributed by atoms with Crippen molar-refractivity contribution < 1.29 is 14.2 Å². The van der Waals surface area contributed by atoms with Crippen molar-refractivity contribution in [3.63, 3.8) is 0 Å². The Morgan fingerprint density at radius 2 is 1.81 bits per heavy atom. The molecule has 2 aromatic rings. The second kappa shape index (κ2) is 11.9. The van der Waals surface area contributed by atoms with Crippen LogP contribution in [0, 0.1) is 6.92 Å². The fourth-order valence-electron chi connectivity index (χ4n) is 2.38. The molecule has 27 heavy (non-hydrogen) atoms. The molecule has 0 aliphatic rings. The average Bonchev–Trinajstić information content (AvgIpc) is 3.06. The number of halogens is 1. The summed E-state index contributed by atoms with van der Waals surface area (Å²) in [6.07, 6.45) is 2.70. The van der Waals surface area contributed by atoms with Crippen LogP contribution in [0.1, 0.15) is 16.8 Å². The first-order chi connectivity index (χ1) is 12.6. The van der Waals surface area contributed by atoms with Gasteiger partial charge in [-0.25, -0.2) is 4.98 Å². The van der Waals surface area contributed by atoms with Crippen LogP contribution in [-0.2, 0) is 6.42 Å². The van der Waals surface area contributed by atoms with E-state index in [1.165, 1.54) is 4.88 Å². The van der Waals surface area contributed by atoms with Gasteiger partial charge in [0.1, 0.15) is 0 Å². The number of aryl methyl sites for hydroxylation is 1. The van der Waals surface area contributed by atoms with E-state index in [1.807, 2.05) is 25.3 Å². The van der Waals surface area contributed by atoms with E-state index < -0.39 is 0 Å². The number of methoxy groups -OCH3 is 3. The summed E-state index contributed by atoms with van der Waals surface area (Å²) in [4.78, 5) is 10.2. The maximum absolute atomic E-state index is 5.39. The molecule has 0 aliphatic heterocycles. The average molecular weight is 506 g/mol. The van der Waals surface area contributed by atoms with Crippen molar-refractivity contribution in [3.8, 4) is 17.2 Å². The van der Waals surface area contributed by atoms with Crippen LogP contribution in [0.25, 0.3) is 0 Å². The van der Waals surface area contributed by atoms with Gasteiger partial charge in [-0.2, -0.15) is 0 Å². The maximum Gasteiger partial charge on any atom is 0.203 e. The Morgan fingerprint density at radius 1 is 1.15 bits per heavy atom. The van der Waals surface area contributed by atoms with Crippen LogP contribution in [0.4, 0.5) is 5.69 Å². The van der Waals surface area contributed by atoms with Gasteiger partial charge in [-0.05, 0) is 13.8 Å². The molecule has 0 spiro atoms. The molecule has 0 unspecified atom stereocenters. The van der Waals surface area contributed by atoms with Crippen LogP contribution in [0.3, 0.4) is 0 Å². The Labute approximate surface area is 181 Å². The Bertz CT molecular complexity index is 727. The van der Waals surface area contributed by atoms with Crippen LogP contribution in [0.2, 0.25) is 0 Å². The summed E-state index contributed by atoms with van der Waals surface area (Å²) in [6, 6.07) is 3.69. The van der Waals surface area contributed by atoms with Crippen molar-refractivity contribution >= 4 is 47.0 Å². The highest BCUT2D eigenvalue weighted by molar-refractivity contribution is 14.0. The summed E-state index contributed by atoms with van der Waals surface area (Å²) < 4.78 is 16.1. The molecule has 1 heterocycles. The van der Waals surface area contributed by atoms with E-state index >= 15 is 0 Å².